The number of allylic oxidation sites excluding steroid dienone is 1. The van der Waals surface area contributed by atoms with Crippen LogP contribution in [0.25, 0.3) is 11.1 Å². The van der Waals surface area contributed by atoms with Crippen LogP contribution in [-0.4, -0.2) is 14.2 Å². The van der Waals surface area contributed by atoms with Crippen molar-refractivity contribution in [1.82, 2.24) is 0 Å². The monoisotopic (exact) mass is 352 g/mol. The fourth-order valence-electron chi connectivity index (χ4n) is 3.22. The van der Waals surface area contributed by atoms with E-state index < -0.39 is 0 Å². The standard InChI is InChI=1S/C24H32O2/c1-8-24(4,5)16-20-14-19(10-12-23(20)26-7)22-15-21(25-6)11-9-18(22)13-17(2)3/h8-12,14-15,17H,1,13,16H2,2-7H3. The first-order valence-corrected chi connectivity index (χ1v) is 9.27. The van der Waals surface area contributed by atoms with Crippen LogP contribution < -0.4 is 9.47 Å². The summed E-state index contributed by atoms with van der Waals surface area (Å²) in [6, 6.07) is 12.8. The molecule has 26 heavy (non-hydrogen) atoms. The van der Waals surface area contributed by atoms with Gasteiger partial charge in [0.05, 0.1) is 14.2 Å². The largest absolute Gasteiger partial charge is 0.497 e. The van der Waals surface area contributed by atoms with E-state index in [-0.39, 0.29) is 5.41 Å². The molecule has 0 bridgehead atoms. The predicted octanol–water partition coefficient (Wildman–Crippen LogP) is 6.32. The summed E-state index contributed by atoms with van der Waals surface area (Å²) in [6.07, 6.45) is 3.94. The van der Waals surface area contributed by atoms with Gasteiger partial charge < -0.3 is 9.47 Å². The molecule has 2 heteroatoms. The molecule has 0 saturated heterocycles. The van der Waals surface area contributed by atoms with Crippen molar-refractivity contribution in [3.05, 3.63) is 60.2 Å². The molecule has 2 rings (SSSR count). The number of hydrogen-bond acceptors (Lipinski definition) is 2. The number of rotatable bonds is 8. The highest BCUT2D eigenvalue weighted by atomic mass is 16.5. The van der Waals surface area contributed by atoms with Crippen molar-refractivity contribution in [1.29, 1.82) is 0 Å². The minimum atomic E-state index is 0.0149. The second-order valence-electron chi connectivity index (χ2n) is 8.02. The highest BCUT2D eigenvalue weighted by molar-refractivity contribution is 5.71. The summed E-state index contributed by atoms with van der Waals surface area (Å²) in [5.41, 5.74) is 5.00. The number of benzene rings is 2. The lowest BCUT2D eigenvalue weighted by Gasteiger charge is -2.22. The zero-order valence-corrected chi connectivity index (χ0v) is 17.1. The summed E-state index contributed by atoms with van der Waals surface area (Å²) in [5.74, 6) is 2.41. The van der Waals surface area contributed by atoms with Crippen molar-refractivity contribution < 1.29 is 9.47 Å². The van der Waals surface area contributed by atoms with Gasteiger partial charge >= 0.3 is 0 Å². The van der Waals surface area contributed by atoms with Crippen molar-refractivity contribution in [2.75, 3.05) is 14.2 Å². The molecule has 0 aliphatic heterocycles. The van der Waals surface area contributed by atoms with Crippen LogP contribution in [0, 0.1) is 11.3 Å². The number of hydrogen-bond donors (Lipinski definition) is 0. The second-order valence-corrected chi connectivity index (χ2v) is 8.02. The van der Waals surface area contributed by atoms with Crippen molar-refractivity contribution in [3.8, 4) is 22.6 Å². The quantitative estimate of drug-likeness (QED) is 0.517. The van der Waals surface area contributed by atoms with Crippen LogP contribution in [0.3, 0.4) is 0 Å². The average molecular weight is 353 g/mol. The van der Waals surface area contributed by atoms with Crippen LogP contribution in [0.4, 0.5) is 0 Å². The lowest BCUT2D eigenvalue weighted by Crippen LogP contribution is -2.12. The van der Waals surface area contributed by atoms with E-state index in [1.165, 1.54) is 22.3 Å². The normalized spacial score (nSPS) is 11.5. The molecule has 0 aromatic heterocycles. The summed E-state index contributed by atoms with van der Waals surface area (Å²) in [5, 5.41) is 0. The van der Waals surface area contributed by atoms with Gasteiger partial charge in [0.2, 0.25) is 0 Å². The Morgan fingerprint density at radius 3 is 2.31 bits per heavy atom. The van der Waals surface area contributed by atoms with Gasteiger partial charge in [0.15, 0.2) is 0 Å². The Hall–Kier alpha value is -2.22. The van der Waals surface area contributed by atoms with E-state index in [1.807, 2.05) is 12.1 Å². The molecule has 0 atom stereocenters. The topological polar surface area (TPSA) is 18.5 Å². The molecule has 0 aliphatic rings. The van der Waals surface area contributed by atoms with Gasteiger partial charge in [-0.25, -0.2) is 0 Å². The number of ether oxygens (including phenoxy) is 2. The minimum absolute atomic E-state index is 0.0149. The molecule has 0 radical (unpaired) electrons. The fourth-order valence-corrected chi connectivity index (χ4v) is 3.22. The molecule has 0 aliphatic carbocycles. The van der Waals surface area contributed by atoms with E-state index in [2.05, 4.69) is 64.6 Å². The first-order valence-electron chi connectivity index (χ1n) is 9.27. The summed E-state index contributed by atoms with van der Waals surface area (Å²) in [7, 11) is 3.45. The molecule has 0 heterocycles. The minimum Gasteiger partial charge on any atom is -0.497 e. The third-order valence-corrected chi connectivity index (χ3v) is 4.74. The molecule has 0 spiro atoms. The third-order valence-electron chi connectivity index (χ3n) is 4.74. The van der Waals surface area contributed by atoms with Gasteiger partial charge in [-0.15, -0.1) is 6.58 Å². The Kier molecular flexibility index (Phi) is 6.52. The highest BCUT2D eigenvalue weighted by Gasteiger charge is 2.18. The van der Waals surface area contributed by atoms with Gasteiger partial charge in [0, 0.05) is 0 Å². The van der Waals surface area contributed by atoms with Gasteiger partial charge in [0.1, 0.15) is 11.5 Å². The summed E-state index contributed by atoms with van der Waals surface area (Å²) >= 11 is 0. The highest BCUT2D eigenvalue weighted by Crippen LogP contribution is 2.35. The van der Waals surface area contributed by atoms with E-state index in [9.17, 15) is 0 Å². The lowest BCUT2D eigenvalue weighted by atomic mass is 9.84. The van der Waals surface area contributed by atoms with Crippen molar-refractivity contribution in [3.63, 3.8) is 0 Å². The summed E-state index contributed by atoms with van der Waals surface area (Å²) in [6.45, 7) is 12.9. The molecule has 2 aromatic rings. The molecular formula is C24H32O2. The van der Waals surface area contributed by atoms with E-state index in [0.29, 0.717) is 5.92 Å². The van der Waals surface area contributed by atoms with Gasteiger partial charge in [-0.1, -0.05) is 45.9 Å². The number of methoxy groups -OCH3 is 2. The van der Waals surface area contributed by atoms with Gasteiger partial charge in [0.25, 0.3) is 0 Å². The molecule has 0 fully saturated rings. The maximum atomic E-state index is 5.61. The first-order chi connectivity index (χ1) is 12.3. The Morgan fingerprint density at radius 2 is 1.73 bits per heavy atom. The van der Waals surface area contributed by atoms with Crippen molar-refractivity contribution >= 4 is 0 Å². The Labute approximate surface area is 158 Å². The molecule has 0 N–H and O–H groups in total. The Bertz CT molecular complexity index is 757. The maximum absolute atomic E-state index is 5.61. The summed E-state index contributed by atoms with van der Waals surface area (Å²) in [4.78, 5) is 0. The maximum Gasteiger partial charge on any atom is 0.122 e. The SMILES string of the molecule is C=CC(C)(C)Cc1cc(-c2cc(OC)ccc2CC(C)C)ccc1OC. The van der Waals surface area contributed by atoms with E-state index >= 15 is 0 Å². The van der Waals surface area contributed by atoms with E-state index in [4.69, 9.17) is 9.47 Å². The third kappa shape index (κ3) is 4.91. The zero-order chi connectivity index (χ0) is 19.3. The van der Waals surface area contributed by atoms with Crippen LogP contribution in [-0.2, 0) is 12.8 Å². The summed E-state index contributed by atoms with van der Waals surface area (Å²) < 4.78 is 11.1. The molecule has 2 nitrogen and oxygen atoms in total. The molecule has 0 unspecified atom stereocenters. The van der Waals surface area contributed by atoms with Crippen molar-refractivity contribution in [2.24, 2.45) is 11.3 Å². The smallest absolute Gasteiger partial charge is 0.122 e. The Morgan fingerprint density at radius 1 is 1.00 bits per heavy atom. The molecular weight excluding hydrogens is 320 g/mol. The predicted molar refractivity (Wildman–Crippen MR) is 111 cm³/mol. The molecule has 2 aromatic carbocycles. The van der Waals surface area contributed by atoms with Crippen LogP contribution in [0.2, 0.25) is 0 Å². The zero-order valence-electron chi connectivity index (χ0n) is 17.1. The van der Waals surface area contributed by atoms with Gasteiger partial charge in [-0.3, -0.25) is 0 Å². The first kappa shape index (κ1) is 20.1. The lowest BCUT2D eigenvalue weighted by molar-refractivity contribution is 0.397. The molecule has 0 amide bonds. The Balaban J connectivity index is 2.55. The van der Waals surface area contributed by atoms with Crippen LogP contribution >= 0.6 is 0 Å². The van der Waals surface area contributed by atoms with E-state index in [1.54, 1.807) is 14.2 Å². The molecule has 140 valence electrons. The van der Waals surface area contributed by atoms with Crippen LogP contribution in [0.1, 0.15) is 38.8 Å². The van der Waals surface area contributed by atoms with Crippen LogP contribution in [0.5, 0.6) is 11.5 Å². The van der Waals surface area contributed by atoms with Crippen molar-refractivity contribution in [2.45, 2.75) is 40.5 Å². The van der Waals surface area contributed by atoms with Crippen LogP contribution in [0.15, 0.2) is 49.1 Å². The second kappa shape index (κ2) is 8.44. The van der Waals surface area contributed by atoms with E-state index in [0.717, 1.165) is 24.3 Å². The molecule has 0 saturated carbocycles. The van der Waals surface area contributed by atoms with Gasteiger partial charge in [-0.05, 0) is 70.7 Å². The van der Waals surface area contributed by atoms with Gasteiger partial charge in [-0.2, -0.15) is 0 Å². The fraction of sp³-hybridized carbons (Fsp3) is 0.417. The average Bonchev–Trinajstić information content (AvgIpc) is 2.61.